The van der Waals surface area contributed by atoms with Gasteiger partial charge in [-0.15, -0.1) is 0 Å². The van der Waals surface area contributed by atoms with Gasteiger partial charge in [-0.2, -0.15) is 0 Å². The van der Waals surface area contributed by atoms with Crippen LogP contribution in [0.5, 0.6) is 0 Å². The van der Waals surface area contributed by atoms with Crippen LogP contribution in [-0.2, 0) is 4.74 Å². The summed E-state index contributed by atoms with van der Waals surface area (Å²) in [5.74, 6) is 1.15. The topological polar surface area (TPSA) is 89.0 Å². The summed E-state index contributed by atoms with van der Waals surface area (Å²) < 4.78 is 5.53. The van der Waals surface area contributed by atoms with Gasteiger partial charge in [0.1, 0.15) is 5.82 Å². The van der Waals surface area contributed by atoms with E-state index in [0.717, 1.165) is 42.5 Å². The van der Waals surface area contributed by atoms with Crippen LogP contribution in [0.25, 0.3) is 10.9 Å². The number of carbonyl (C=O) groups is 1. The number of amides is 1. The summed E-state index contributed by atoms with van der Waals surface area (Å²) >= 11 is 0. The highest BCUT2D eigenvalue weighted by Crippen LogP contribution is 2.34. The lowest BCUT2D eigenvalue weighted by atomic mass is 9.91. The molecule has 4 rings (SSSR count). The maximum atomic E-state index is 12.7. The Morgan fingerprint density at radius 2 is 1.80 bits per heavy atom. The van der Waals surface area contributed by atoms with Gasteiger partial charge in [-0.25, -0.2) is 15.0 Å². The molecule has 7 heteroatoms. The van der Waals surface area contributed by atoms with E-state index in [2.05, 4.69) is 41.4 Å². The summed E-state index contributed by atoms with van der Waals surface area (Å²) in [5.41, 5.74) is 2.31. The standard InChI is InChI=1S/C23H27N5O2/c1-23(2,3)28-22-25-14-18-19(26-22)17(15-9-11-30-12-10-15)13-24-20(18)27-21(29)16-7-5-4-6-8-16/h4-8,13-15H,9-12H2,1-3H3,(H,24,27,29)(H,25,26,28). The fraction of sp³-hybridized carbons (Fsp3) is 0.391. The van der Waals surface area contributed by atoms with Crippen LogP contribution in [0, 0.1) is 0 Å². The molecular weight excluding hydrogens is 378 g/mol. The van der Waals surface area contributed by atoms with Crippen LogP contribution in [0.4, 0.5) is 11.8 Å². The molecule has 1 amide bonds. The monoisotopic (exact) mass is 405 g/mol. The first kappa shape index (κ1) is 20.2. The molecule has 0 atom stereocenters. The zero-order chi connectivity index (χ0) is 21.1. The van der Waals surface area contributed by atoms with Gasteiger partial charge in [0.2, 0.25) is 5.95 Å². The average Bonchev–Trinajstić information content (AvgIpc) is 2.74. The Bertz CT molecular complexity index is 1040. The molecule has 1 fully saturated rings. The number of nitrogens with one attached hydrogen (secondary N) is 2. The molecule has 2 aromatic heterocycles. The number of rotatable bonds is 4. The van der Waals surface area contributed by atoms with Gasteiger partial charge in [-0.1, -0.05) is 18.2 Å². The molecule has 0 saturated carbocycles. The summed E-state index contributed by atoms with van der Waals surface area (Å²) in [7, 11) is 0. The van der Waals surface area contributed by atoms with Crippen molar-refractivity contribution in [3.8, 4) is 0 Å². The normalized spacial score (nSPS) is 15.2. The second-order valence-corrected chi connectivity index (χ2v) is 8.60. The van der Waals surface area contributed by atoms with E-state index in [9.17, 15) is 4.79 Å². The number of ether oxygens (including phenoxy) is 1. The van der Waals surface area contributed by atoms with Crippen molar-refractivity contribution in [1.82, 2.24) is 15.0 Å². The Balaban J connectivity index is 1.75. The third-order valence-electron chi connectivity index (χ3n) is 5.07. The number of carbonyl (C=O) groups excluding carboxylic acids is 1. The third kappa shape index (κ3) is 4.57. The molecule has 0 radical (unpaired) electrons. The Morgan fingerprint density at radius 1 is 1.07 bits per heavy atom. The number of benzene rings is 1. The molecule has 1 saturated heterocycles. The summed E-state index contributed by atoms with van der Waals surface area (Å²) in [6.45, 7) is 7.67. The SMILES string of the molecule is CC(C)(C)Nc1ncc2c(NC(=O)c3ccccc3)ncc(C3CCOCC3)c2n1. The maximum Gasteiger partial charge on any atom is 0.256 e. The zero-order valence-corrected chi connectivity index (χ0v) is 17.6. The molecule has 0 aliphatic carbocycles. The first-order chi connectivity index (χ1) is 14.4. The lowest BCUT2D eigenvalue weighted by molar-refractivity contribution is 0.0855. The smallest absolute Gasteiger partial charge is 0.256 e. The minimum atomic E-state index is -0.208. The van der Waals surface area contributed by atoms with Crippen molar-refractivity contribution in [2.75, 3.05) is 23.8 Å². The number of hydrogen-bond donors (Lipinski definition) is 2. The predicted octanol–water partition coefficient (Wildman–Crippen LogP) is 4.38. The lowest BCUT2D eigenvalue weighted by Crippen LogP contribution is -2.27. The highest BCUT2D eigenvalue weighted by Gasteiger charge is 2.22. The number of nitrogens with zero attached hydrogens (tertiary/aromatic N) is 3. The van der Waals surface area contributed by atoms with Crippen molar-refractivity contribution in [3.05, 3.63) is 53.9 Å². The molecular formula is C23H27N5O2. The lowest BCUT2D eigenvalue weighted by Gasteiger charge is -2.24. The highest BCUT2D eigenvalue weighted by molar-refractivity contribution is 6.07. The summed E-state index contributed by atoms with van der Waals surface area (Å²) in [6.07, 6.45) is 5.44. The molecule has 30 heavy (non-hydrogen) atoms. The van der Waals surface area contributed by atoms with Gasteiger partial charge in [0.25, 0.3) is 5.91 Å². The molecule has 156 valence electrons. The van der Waals surface area contributed by atoms with Crippen molar-refractivity contribution >= 4 is 28.6 Å². The first-order valence-corrected chi connectivity index (χ1v) is 10.3. The maximum absolute atomic E-state index is 12.7. The molecule has 2 N–H and O–H groups in total. The number of pyridine rings is 1. The molecule has 0 bridgehead atoms. The number of fused-ring (bicyclic) bond motifs is 1. The van der Waals surface area contributed by atoms with E-state index in [1.165, 1.54) is 0 Å². The van der Waals surface area contributed by atoms with E-state index in [0.29, 0.717) is 23.2 Å². The van der Waals surface area contributed by atoms with Crippen LogP contribution >= 0.6 is 0 Å². The predicted molar refractivity (Wildman–Crippen MR) is 118 cm³/mol. The van der Waals surface area contributed by atoms with Crippen LogP contribution in [-0.4, -0.2) is 39.6 Å². The Labute approximate surface area is 176 Å². The van der Waals surface area contributed by atoms with Gasteiger partial charge < -0.3 is 15.4 Å². The Morgan fingerprint density at radius 3 is 2.50 bits per heavy atom. The molecule has 1 aliphatic heterocycles. The number of anilines is 2. The van der Waals surface area contributed by atoms with E-state index in [-0.39, 0.29) is 11.4 Å². The van der Waals surface area contributed by atoms with Crippen LogP contribution < -0.4 is 10.6 Å². The van der Waals surface area contributed by atoms with Gasteiger partial charge >= 0.3 is 0 Å². The van der Waals surface area contributed by atoms with Crippen molar-refractivity contribution in [1.29, 1.82) is 0 Å². The van der Waals surface area contributed by atoms with Gasteiger partial charge in [-0.05, 0) is 51.7 Å². The second kappa shape index (κ2) is 8.36. The molecule has 3 aromatic rings. The van der Waals surface area contributed by atoms with Gasteiger partial charge in [0.05, 0.1) is 10.9 Å². The summed E-state index contributed by atoms with van der Waals surface area (Å²) in [4.78, 5) is 26.6. The van der Waals surface area contributed by atoms with Gasteiger partial charge in [0, 0.05) is 42.3 Å². The van der Waals surface area contributed by atoms with Crippen LogP contribution in [0.2, 0.25) is 0 Å². The third-order valence-corrected chi connectivity index (χ3v) is 5.07. The Hall–Kier alpha value is -3.06. The van der Waals surface area contributed by atoms with Gasteiger partial charge in [0.15, 0.2) is 0 Å². The van der Waals surface area contributed by atoms with Crippen molar-refractivity contribution < 1.29 is 9.53 Å². The van der Waals surface area contributed by atoms with E-state index in [4.69, 9.17) is 9.72 Å². The minimum absolute atomic E-state index is 0.163. The van der Waals surface area contributed by atoms with Crippen molar-refractivity contribution in [2.45, 2.75) is 45.1 Å². The second-order valence-electron chi connectivity index (χ2n) is 8.60. The average molecular weight is 406 g/mol. The van der Waals surface area contributed by atoms with Crippen LogP contribution in [0.3, 0.4) is 0 Å². The van der Waals surface area contributed by atoms with Crippen molar-refractivity contribution in [2.24, 2.45) is 0 Å². The van der Waals surface area contributed by atoms with E-state index < -0.39 is 0 Å². The molecule has 1 aromatic carbocycles. The minimum Gasteiger partial charge on any atom is -0.381 e. The van der Waals surface area contributed by atoms with E-state index >= 15 is 0 Å². The van der Waals surface area contributed by atoms with Crippen LogP contribution in [0.1, 0.15) is 55.5 Å². The number of hydrogen-bond acceptors (Lipinski definition) is 6. The van der Waals surface area contributed by atoms with E-state index in [1.54, 1.807) is 18.3 Å². The molecule has 3 heterocycles. The molecule has 0 spiro atoms. The van der Waals surface area contributed by atoms with Gasteiger partial charge in [-0.3, -0.25) is 4.79 Å². The molecule has 7 nitrogen and oxygen atoms in total. The highest BCUT2D eigenvalue weighted by atomic mass is 16.5. The first-order valence-electron chi connectivity index (χ1n) is 10.3. The molecule has 1 aliphatic rings. The van der Waals surface area contributed by atoms with Crippen molar-refractivity contribution in [3.63, 3.8) is 0 Å². The molecule has 0 unspecified atom stereocenters. The van der Waals surface area contributed by atoms with E-state index in [1.807, 2.05) is 24.4 Å². The largest absolute Gasteiger partial charge is 0.381 e. The number of aromatic nitrogens is 3. The fourth-order valence-electron chi connectivity index (χ4n) is 3.61. The summed E-state index contributed by atoms with van der Waals surface area (Å²) in [6, 6.07) is 9.10. The fourth-order valence-corrected chi connectivity index (χ4v) is 3.61. The zero-order valence-electron chi connectivity index (χ0n) is 17.6. The Kier molecular flexibility index (Phi) is 5.63. The summed E-state index contributed by atoms with van der Waals surface area (Å²) in [5, 5.41) is 7.00. The van der Waals surface area contributed by atoms with Crippen LogP contribution in [0.15, 0.2) is 42.7 Å². The quantitative estimate of drug-likeness (QED) is 0.670.